The van der Waals surface area contributed by atoms with E-state index < -0.39 is 17.1 Å². The van der Waals surface area contributed by atoms with Gasteiger partial charge in [0.05, 0.1) is 7.11 Å². The van der Waals surface area contributed by atoms with E-state index in [-0.39, 0.29) is 5.97 Å². The van der Waals surface area contributed by atoms with E-state index in [2.05, 4.69) is 5.43 Å². The van der Waals surface area contributed by atoms with Crippen molar-refractivity contribution in [1.82, 2.24) is 10.4 Å². The summed E-state index contributed by atoms with van der Waals surface area (Å²) in [5, 5.41) is 1.93. The Morgan fingerprint density at radius 1 is 0.969 bits per heavy atom. The predicted octanol–water partition coefficient (Wildman–Crippen LogP) is 4.11. The Kier molecular flexibility index (Phi) is 5.38. The van der Waals surface area contributed by atoms with E-state index in [0.717, 1.165) is 22.4 Å². The van der Waals surface area contributed by atoms with Gasteiger partial charge in [-0.15, -0.1) is 0 Å². The van der Waals surface area contributed by atoms with Crippen molar-refractivity contribution >= 4 is 5.97 Å². The predicted molar refractivity (Wildman–Crippen MR) is 120 cm³/mol. The van der Waals surface area contributed by atoms with Crippen LogP contribution in [0.5, 0.6) is 17.2 Å². The van der Waals surface area contributed by atoms with Crippen molar-refractivity contribution in [1.29, 1.82) is 0 Å². The molecule has 1 atom stereocenters. The van der Waals surface area contributed by atoms with Crippen LogP contribution in [-0.4, -0.2) is 35.1 Å². The third kappa shape index (κ3) is 4.02. The van der Waals surface area contributed by atoms with Crippen LogP contribution in [0, 0.1) is 6.92 Å². The number of esters is 1. The summed E-state index contributed by atoms with van der Waals surface area (Å²) in [6.07, 6.45) is 0.459. The topological polar surface area (TPSA) is 69.3 Å². The maximum Gasteiger partial charge on any atom is 0.329 e. The van der Waals surface area contributed by atoms with E-state index >= 15 is 0 Å². The second-order valence-corrected chi connectivity index (χ2v) is 9.63. The van der Waals surface area contributed by atoms with Crippen molar-refractivity contribution < 1.29 is 23.7 Å². The highest BCUT2D eigenvalue weighted by Crippen LogP contribution is 2.42. The standard InChI is InChI=1S/C25H32N2O5/c1-16-12-19(29-7)10-9-18(16)15-26-27-23(2,3)32-22(28)25(27,6)14-17-8-11-20-21(13-17)31-24(4,5)30-20/h8-13,26H,14-15H2,1-7H3/t25-/m0/s1. The van der Waals surface area contributed by atoms with Gasteiger partial charge in [0.1, 0.15) is 11.3 Å². The molecule has 2 heterocycles. The van der Waals surface area contributed by atoms with Crippen LogP contribution in [0.3, 0.4) is 0 Å². The number of hydrazine groups is 1. The maximum atomic E-state index is 13.0. The minimum Gasteiger partial charge on any atom is -0.497 e. The SMILES string of the molecule is COc1ccc(CNN2C(C)(C)OC(=O)[C@]2(C)Cc2ccc3c(c2)OC(C)(C)O3)c(C)c1. The minimum atomic E-state index is -0.896. The molecular formula is C25H32N2O5. The number of cyclic esters (lactones) is 1. The summed E-state index contributed by atoms with van der Waals surface area (Å²) in [6, 6.07) is 11.8. The number of rotatable bonds is 6. The summed E-state index contributed by atoms with van der Waals surface area (Å²) in [6.45, 7) is 12.0. The van der Waals surface area contributed by atoms with E-state index in [9.17, 15) is 4.79 Å². The van der Waals surface area contributed by atoms with E-state index in [4.69, 9.17) is 18.9 Å². The van der Waals surface area contributed by atoms with Gasteiger partial charge in [-0.1, -0.05) is 12.1 Å². The van der Waals surface area contributed by atoms with Crippen LogP contribution >= 0.6 is 0 Å². The molecule has 0 amide bonds. The highest BCUT2D eigenvalue weighted by molar-refractivity contribution is 5.83. The van der Waals surface area contributed by atoms with Crippen molar-refractivity contribution in [2.24, 2.45) is 0 Å². The first-order valence-electron chi connectivity index (χ1n) is 10.9. The molecule has 0 unspecified atom stereocenters. The van der Waals surface area contributed by atoms with Gasteiger partial charge in [-0.25, -0.2) is 10.2 Å². The molecule has 0 aliphatic carbocycles. The Morgan fingerprint density at radius 3 is 2.38 bits per heavy atom. The van der Waals surface area contributed by atoms with E-state index in [1.165, 1.54) is 0 Å². The molecule has 2 aromatic rings. The Hall–Kier alpha value is -2.77. The van der Waals surface area contributed by atoms with Crippen molar-refractivity contribution in [2.75, 3.05) is 7.11 Å². The molecule has 0 saturated carbocycles. The molecule has 172 valence electrons. The fourth-order valence-electron chi connectivity index (χ4n) is 4.52. The summed E-state index contributed by atoms with van der Waals surface area (Å²) in [5.74, 6) is 1.27. The summed E-state index contributed by atoms with van der Waals surface area (Å²) >= 11 is 0. The lowest BCUT2D eigenvalue weighted by atomic mass is 9.92. The minimum absolute atomic E-state index is 0.264. The first-order valence-corrected chi connectivity index (χ1v) is 10.9. The molecule has 2 aromatic carbocycles. The van der Waals surface area contributed by atoms with Gasteiger partial charge < -0.3 is 18.9 Å². The van der Waals surface area contributed by atoms with Crippen molar-refractivity contribution in [3.63, 3.8) is 0 Å². The van der Waals surface area contributed by atoms with Gasteiger partial charge >= 0.3 is 5.97 Å². The van der Waals surface area contributed by atoms with E-state index in [1.807, 2.05) is 82.9 Å². The first kappa shape index (κ1) is 22.4. The van der Waals surface area contributed by atoms with Crippen LogP contribution in [-0.2, 0) is 22.5 Å². The molecule has 7 heteroatoms. The molecule has 1 N–H and O–H groups in total. The van der Waals surface area contributed by atoms with Crippen LogP contribution in [0.1, 0.15) is 51.3 Å². The number of aryl methyl sites for hydroxylation is 1. The quantitative estimate of drug-likeness (QED) is 0.678. The molecule has 7 nitrogen and oxygen atoms in total. The highest BCUT2D eigenvalue weighted by Gasteiger charge is 2.56. The smallest absolute Gasteiger partial charge is 0.329 e. The zero-order valence-corrected chi connectivity index (χ0v) is 19.9. The van der Waals surface area contributed by atoms with E-state index in [0.29, 0.717) is 24.5 Å². The Labute approximate surface area is 189 Å². The van der Waals surface area contributed by atoms with Crippen LogP contribution in [0.25, 0.3) is 0 Å². The molecule has 2 aliphatic heterocycles. The fraction of sp³-hybridized carbons (Fsp3) is 0.480. The molecule has 0 aromatic heterocycles. The number of hydrogen-bond donors (Lipinski definition) is 1. The Morgan fingerprint density at radius 2 is 1.69 bits per heavy atom. The number of nitrogens with zero attached hydrogens (tertiary/aromatic N) is 1. The number of methoxy groups -OCH3 is 1. The summed E-state index contributed by atoms with van der Waals surface area (Å²) in [7, 11) is 1.66. The van der Waals surface area contributed by atoms with Gasteiger partial charge in [-0.3, -0.25) is 0 Å². The number of carbonyl (C=O) groups excluding carboxylic acids is 1. The molecule has 0 bridgehead atoms. The second-order valence-electron chi connectivity index (χ2n) is 9.63. The Balaban J connectivity index is 1.57. The molecule has 0 radical (unpaired) electrons. The lowest BCUT2D eigenvalue weighted by Gasteiger charge is -2.37. The second kappa shape index (κ2) is 7.67. The van der Waals surface area contributed by atoms with Crippen LogP contribution in [0.4, 0.5) is 0 Å². The van der Waals surface area contributed by atoms with Gasteiger partial charge in [0.15, 0.2) is 17.2 Å². The third-order valence-electron chi connectivity index (χ3n) is 6.06. The van der Waals surface area contributed by atoms with Crippen LogP contribution < -0.4 is 19.6 Å². The van der Waals surface area contributed by atoms with E-state index in [1.54, 1.807) is 7.11 Å². The average Bonchev–Trinajstić information content (AvgIpc) is 3.09. The molecule has 0 spiro atoms. The average molecular weight is 441 g/mol. The fourth-order valence-corrected chi connectivity index (χ4v) is 4.52. The zero-order valence-electron chi connectivity index (χ0n) is 19.9. The monoisotopic (exact) mass is 440 g/mol. The van der Waals surface area contributed by atoms with Gasteiger partial charge in [0.25, 0.3) is 0 Å². The van der Waals surface area contributed by atoms with Crippen molar-refractivity contribution in [3.8, 4) is 17.2 Å². The molecule has 4 rings (SSSR count). The molecule has 1 saturated heterocycles. The lowest BCUT2D eigenvalue weighted by Crippen LogP contribution is -2.59. The number of hydrogen-bond acceptors (Lipinski definition) is 7. The molecule has 1 fully saturated rings. The molecule has 2 aliphatic rings. The lowest BCUT2D eigenvalue weighted by molar-refractivity contribution is -0.151. The summed E-state index contributed by atoms with van der Waals surface area (Å²) in [4.78, 5) is 13.0. The third-order valence-corrected chi connectivity index (χ3v) is 6.06. The maximum absolute atomic E-state index is 13.0. The molecular weight excluding hydrogens is 408 g/mol. The summed E-state index contributed by atoms with van der Waals surface area (Å²) in [5.41, 5.74) is 4.97. The first-order chi connectivity index (χ1) is 14.9. The Bertz CT molecular complexity index is 1050. The molecule has 32 heavy (non-hydrogen) atoms. The normalized spacial score (nSPS) is 23.3. The van der Waals surface area contributed by atoms with Crippen LogP contribution in [0.2, 0.25) is 0 Å². The highest BCUT2D eigenvalue weighted by atomic mass is 16.7. The number of nitrogens with one attached hydrogen (secondary N) is 1. The number of carbonyl (C=O) groups is 1. The van der Waals surface area contributed by atoms with Crippen molar-refractivity contribution in [2.45, 2.75) is 71.6 Å². The number of fused-ring (bicyclic) bond motifs is 1. The van der Waals surface area contributed by atoms with Crippen molar-refractivity contribution in [3.05, 3.63) is 53.1 Å². The zero-order chi connectivity index (χ0) is 23.3. The van der Waals surface area contributed by atoms with Gasteiger partial charge in [0.2, 0.25) is 5.79 Å². The van der Waals surface area contributed by atoms with Gasteiger partial charge in [-0.05, 0) is 68.7 Å². The largest absolute Gasteiger partial charge is 0.497 e. The van der Waals surface area contributed by atoms with Crippen LogP contribution in [0.15, 0.2) is 36.4 Å². The van der Waals surface area contributed by atoms with Gasteiger partial charge in [-0.2, -0.15) is 5.01 Å². The number of benzene rings is 2. The summed E-state index contributed by atoms with van der Waals surface area (Å²) < 4.78 is 22.8. The van der Waals surface area contributed by atoms with Gasteiger partial charge in [0, 0.05) is 26.8 Å². The number of ether oxygens (including phenoxy) is 4.